The molecule has 0 radical (unpaired) electrons. The van der Waals surface area contributed by atoms with Gasteiger partial charge in [0.25, 0.3) is 0 Å². The predicted molar refractivity (Wildman–Crippen MR) is 109 cm³/mol. The van der Waals surface area contributed by atoms with E-state index in [1.54, 1.807) is 7.11 Å². The van der Waals surface area contributed by atoms with Crippen molar-refractivity contribution in [2.75, 3.05) is 31.7 Å². The molecule has 1 amide bonds. The first-order valence-electron chi connectivity index (χ1n) is 9.59. The zero-order valence-electron chi connectivity index (χ0n) is 16.9. The Hall–Kier alpha value is -2.89. The highest BCUT2D eigenvalue weighted by atomic mass is 16.5. The summed E-state index contributed by atoms with van der Waals surface area (Å²) in [5.74, 6) is 2.42. The van der Waals surface area contributed by atoms with Crippen molar-refractivity contribution in [3.63, 3.8) is 0 Å². The quantitative estimate of drug-likeness (QED) is 0.754. The van der Waals surface area contributed by atoms with Crippen LogP contribution < -0.4 is 24.4 Å². The van der Waals surface area contributed by atoms with Crippen LogP contribution in [-0.2, 0) is 4.79 Å². The molecule has 6 heteroatoms. The van der Waals surface area contributed by atoms with Crippen molar-refractivity contribution in [2.24, 2.45) is 0 Å². The van der Waals surface area contributed by atoms with Crippen LogP contribution in [0.1, 0.15) is 32.4 Å². The summed E-state index contributed by atoms with van der Waals surface area (Å²) in [6, 6.07) is 13.8. The van der Waals surface area contributed by atoms with Gasteiger partial charge in [-0.3, -0.25) is 4.79 Å². The highest BCUT2D eigenvalue weighted by Gasteiger charge is 2.30. The van der Waals surface area contributed by atoms with Crippen LogP contribution in [0.4, 0.5) is 5.69 Å². The Morgan fingerprint density at radius 2 is 1.86 bits per heavy atom. The number of rotatable bonds is 8. The minimum atomic E-state index is -0.0351. The Kier molecular flexibility index (Phi) is 6.29. The Bertz CT molecular complexity index is 801. The Morgan fingerprint density at radius 1 is 1.18 bits per heavy atom. The van der Waals surface area contributed by atoms with Gasteiger partial charge < -0.3 is 24.4 Å². The van der Waals surface area contributed by atoms with Crippen molar-refractivity contribution in [1.29, 1.82) is 0 Å². The summed E-state index contributed by atoms with van der Waals surface area (Å²) < 4.78 is 17.1. The van der Waals surface area contributed by atoms with Gasteiger partial charge >= 0.3 is 0 Å². The number of nitrogens with one attached hydrogen (secondary N) is 1. The average molecular weight is 384 g/mol. The van der Waals surface area contributed by atoms with Gasteiger partial charge in [0.2, 0.25) is 5.91 Å². The van der Waals surface area contributed by atoms with Gasteiger partial charge in [-0.05, 0) is 43.7 Å². The number of nitrogens with zero attached hydrogens (tertiary/aromatic N) is 1. The van der Waals surface area contributed by atoms with E-state index in [1.165, 1.54) is 6.92 Å². The fraction of sp³-hybridized carbons (Fsp3) is 0.409. The maximum absolute atomic E-state index is 11.2. The van der Waals surface area contributed by atoms with Crippen LogP contribution in [-0.4, -0.2) is 38.8 Å². The van der Waals surface area contributed by atoms with Gasteiger partial charge in [-0.2, -0.15) is 0 Å². The summed E-state index contributed by atoms with van der Waals surface area (Å²) in [7, 11) is 1.67. The lowest BCUT2D eigenvalue weighted by atomic mass is 10.1. The van der Waals surface area contributed by atoms with Crippen LogP contribution >= 0.6 is 0 Å². The zero-order chi connectivity index (χ0) is 20.1. The minimum absolute atomic E-state index is 0.0159. The third kappa shape index (κ3) is 4.68. The lowest BCUT2D eigenvalue weighted by Crippen LogP contribution is -2.54. The molecule has 1 atom stereocenters. The molecule has 0 aromatic heterocycles. The van der Waals surface area contributed by atoms with Gasteiger partial charge in [0.1, 0.15) is 23.4 Å². The first-order chi connectivity index (χ1) is 13.5. The number of carbonyl (C=O) groups excluding carboxylic acids is 1. The van der Waals surface area contributed by atoms with Crippen LogP contribution in [0.3, 0.4) is 0 Å². The fourth-order valence-corrected chi connectivity index (χ4v) is 3.30. The Balaban J connectivity index is 1.55. The fourth-order valence-electron chi connectivity index (χ4n) is 3.30. The van der Waals surface area contributed by atoms with E-state index in [9.17, 15) is 4.79 Å². The van der Waals surface area contributed by atoms with Gasteiger partial charge in [0.15, 0.2) is 0 Å². The molecule has 0 unspecified atom stereocenters. The molecular formula is C22H28N2O4. The van der Waals surface area contributed by atoms with Crippen LogP contribution in [0.2, 0.25) is 0 Å². The second kappa shape index (κ2) is 8.87. The smallest absolute Gasteiger partial charge is 0.217 e. The number of hydrogen-bond acceptors (Lipinski definition) is 5. The van der Waals surface area contributed by atoms with Gasteiger partial charge in [0, 0.05) is 13.0 Å². The standard InChI is InChI=1S/C22H28N2O4/c1-5-27-19-10-11-21(22(12-19)26-4)24-13-20(14-24)28-18-8-6-17(7-9-18)15(2)23-16(3)25/h6-12,15,20H,5,13-14H2,1-4H3,(H,23,25)/t15-/m0/s1. The van der Waals surface area contributed by atoms with E-state index >= 15 is 0 Å². The maximum atomic E-state index is 11.2. The predicted octanol–water partition coefficient (Wildman–Crippen LogP) is 3.56. The summed E-state index contributed by atoms with van der Waals surface area (Å²) in [4.78, 5) is 13.4. The van der Waals surface area contributed by atoms with Crippen LogP contribution in [0.25, 0.3) is 0 Å². The molecule has 0 aliphatic carbocycles. The van der Waals surface area contributed by atoms with Crippen LogP contribution in [0.5, 0.6) is 17.2 Å². The summed E-state index contributed by atoms with van der Waals surface area (Å²) >= 11 is 0. The molecular weight excluding hydrogens is 356 g/mol. The molecule has 1 heterocycles. The van der Waals surface area contributed by atoms with E-state index < -0.39 is 0 Å². The Morgan fingerprint density at radius 3 is 2.46 bits per heavy atom. The molecule has 0 saturated carbocycles. The molecule has 1 saturated heterocycles. The number of benzene rings is 2. The molecule has 3 rings (SSSR count). The number of carbonyl (C=O) groups is 1. The number of amides is 1. The normalized spacial score (nSPS) is 14.8. The van der Waals surface area contributed by atoms with Gasteiger partial charge in [-0.25, -0.2) is 0 Å². The van der Waals surface area contributed by atoms with E-state index in [4.69, 9.17) is 14.2 Å². The van der Waals surface area contributed by atoms with Gasteiger partial charge in [-0.1, -0.05) is 12.1 Å². The molecule has 150 valence electrons. The number of ether oxygens (including phenoxy) is 3. The molecule has 6 nitrogen and oxygen atoms in total. The van der Waals surface area contributed by atoms with Gasteiger partial charge in [-0.15, -0.1) is 0 Å². The highest BCUT2D eigenvalue weighted by Crippen LogP contribution is 2.35. The highest BCUT2D eigenvalue weighted by molar-refractivity contribution is 5.73. The molecule has 2 aromatic carbocycles. The van der Waals surface area contributed by atoms with Crippen molar-refractivity contribution in [1.82, 2.24) is 5.32 Å². The molecule has 1 aliphatic rings. The summed E-state index contributed by atoms with van der Waals surface area (Å²) in [6.07, 6.45) is 0.134. The monoisotopic (exact) mass is 384 g/mol. The average Bonchev–Trinajstić information content (AvgIpc) is 2.65. The molecule has 28 heavy (non-hydrogen) atoms. The third-order valence-electron chi connectivity index (χ3n) is 4.75. The van der Waals surface area contributed by atoms with E-state index in [0.717, 1.165) is 41.6 Å². The van der Waals surface area contributed by atoms with Crippen molar-refractivity contribution in [3.8, 4) is 17.2 Å². The largest absolute Gasteiger partial charge is 0.494 e. The molecule has 1 N–H and O–H groups in total. The van der Waals surface area contributed by atoms with Crippen LogP contribution in [0.15, 0.2) is 42.5 Å². The third-order valence-corrected chi connectivity index (χ3v) is 4.75. The molecule has 1 aliphatic heterocycles. The first-order valence-corrected chi connectivity index (χ1v) is 9.59. The molecule has 2 aromatic rings. The van der Waals surface area contributed by atoms with E-state index in [2.05, 4.69) is 10.2 Å². The lowest BCUT2D eigenvalue weighted by molar-refractivity contribution is -0.119. The van der Waals surface area contributed by atoms with Gasteiger partial charge in [0.05, 0.1) is 38.5 Å². The number of anilines is 1. The van der Waals surface area contributed by atoms with Crippen molar-refractivity contribution in [3.05, 3.63) is 48.0 Å². The maximum Gasteiger partial charge on any atom is 0.217 e. The van der Waals surface area contributed by atoms with Crippen molar-refractivity contribution >= 4 is 11.6 Å². The Labute approximate surface area is 166 Å². The number of methoxy groups -OCH3 is 1. The summed E-state index contributed by atoms with van der Waals surface area (Å²) in [5, 5.41) is 2.88. The van der Waals surface area contributed by atoms with E-state index in [0.29, 0.717) is 6.61 Å². The molecule has 0 spiro atoms. The topological polar surface area (TPSA) is 60.0 Å². The second-order valence-corrected chi connectivity index (χ2v) is 6.90. The molecule has 0 bridgehead atoms. The minimum Gasteiger partial charge on any atom is -0.494 e. The zero-order valence-corrected chi connectivity index (χ0v) is 16.9. The van der Waals surface area contributed by atoms with Crippen LogP contribution in [0, 0.1) is 0 Å². The number of hydrogen-bond donors (Lipinski definition) is 1. The van der Waals surface area contributed by atoms with E-state index in [-0.39, 0.29) is 18.1 Å². The van der Waals surface area contributed by atoms with E-state index in [1.807, 2.05) is 56.3 Å². The van der Waals surface area contributed by atoms with Crippen molar-refractivity contribution in [2.45, 2.75) is 32.9 Å². The first kappa shape index (κ1) is 19.9. The SMILES string of the molecule is CCOc1ccc(N2CC(Oc3ccc([C@H](C)NC(C)=O)cc3)C2)c(OC)c1. The second-order valence-electron chi connectivity index (χ2n) is 6.90. The van der Waals surface area contributed by atoms with Crippen molar-refractivity contribution < 1.29 is 19.0 Å². The molecule has 1 fully saturated rings. The summed E-state index contributed by atoms with van der Waals surface area (Å²) in [5.41, 5.74) is 2.10. The summed E-state index contributed by atoms with van der Waals surface area (Å²) in [6.45, 7) is 7.68. The lowest BCUT2D eigenvalue weighted by Gasteiger charge is -2.41.